The van der Waals surface area contributed by atoms with E-state index in [0.717, 1.165) is 30.8 Å². The summed E-state index contributed by atoms with van der Waals surface area (Å²) in [5.74, 6) is 1.98. The zero-order valence-electron chi connectivity index (χ0n) is 22.5. The van der Waals surface area contributed by atoms with Gasteiger partial charge in [0.15, 0.2) is 0 Å². The fourth-order valence-corrected chi connectivity index (χ4v) is 7.21. The van der Waals surface area contributed by atoms with Gasteiger partial charge in [-0.15, -0.1) is 0 Å². The number of hydrogen-bond donors (Lipinski definition) is 4. The minimum atomic E-state index is -0.931. The normalized spacial score (nSPS) is 37.1. The first kappa shape index (κ1) is 28.6. The Kier molecular flexibility index (Phi) is 9.84. The van der Waals surface area contributed by atoms with Crippen LogP contribution in [-0.2, 0) is 4.74 Å². The lowest BCUT2D eigenvalue weighted by atomic mass is 9.60. The molecule has 0 spiro atoms. The van der Waals surface area contributed by atoms with Gasteiger partial charge in [0.25, 0.3) is 0 Å². The Labute approximate surface area is 213 Å². The fraction of sp³-hybridized carbons (Fsp3) is 0.800. The van der Waals surface area contributed by atoms with E-state index in [1.54, 1.807) is 0 Å². The molecule has 3 saturated carbocycles. The molecule has 0 amide bonds. The van der Waals surface area contributed by atoms with E-state index in [0.29, 0.717) is 42.3 Å². The topological polar surface area (TPSA) is 90.2 Å². The summed E-state index contributed by atoms with van der Waals surface area (Å²) in [7, 11) is 0. The van der Waals surface area contributed by atoms with Crippen molar-refractivity contribution in [1.29, 1.82) is 0 Å². The Morgan fingerprint density at radius 3 is 2.63 bits per heavy atom. The van der Waals surface area contributed by atoms with Crippen molar-refractivity contribution in [3.05, 3.63) is 35.5 Å². The molecule has 3 aliphatic carbocycles. The summed E-state index contributed by atoms with van der Waals surface area (Å²) in [6.45, 7) is 13.2. The van der Waals surface area contributed by atoms with Gasteiger partial charge in [-0.1, -0.05) is 51.0 Å². The number of aliphatic hydroxyl groups excluding tert-OH is 3. The first-order chi connectivity index (χ1) is 16.5. The van der Waals surface area contributed by atoms with Gasteiger partial charge in [0, 0.05) is 19.6 Å². The number of hydrogen-bond acceptors (Lipinski definition) is 5. The van der Waals surface area contributed by atoms with Crippen molar-refractivity contribution in [3.8, 4) is 0 Å². The van der Waals surface area contributed by atoms with Crippen LogP contribution in [-0.4, -0.2) is 57.6 Å². The van der Waals surface area contributed by atoms with Gasteiger partial charge in [-0.05, 0) is 93.1 Å². The van der Waals surface area contributed by atoms with Gasteiger partial charge in [-0.2, -0.15) is 0 Å². The summed E-state index contributed by atoms with van der Waals surface area (Å²) in [6, 6.07) is 0. The van der Waals surface area contributed by atoms with Crippen molar-refractivity contribution >= 4 is 0 Å². The third-order valence-corrected chi connectivity index (χ3v) is 9.17. The Morgan fingerprint density at radius 2 is 1.94 bits per heavy atom. The molecule has 35 heavy (non-hydrogen) atoms. The zero-order valence-corrected chi connectivity index (χ0v) is 22.5. The van der Waals surface area contributed by atoms with Crippen molar-refractivity contribution in [1.82, 2.24) is 0 Å². The number of aliphatic hydroxyl groups is 4. The molecule has 0 radical (unpaired) electrons. The summed E-state index contributed by atoms with van der Waals surface area (Å²) < 4.78 is 5.63. The lowest BCUT2D eigenvalue weighted by Crippen LogP contribution is -2.45. The Hall–Kier alpha value is -0.980. The molecule has 0 aromatic heterocycles. The molecule has 0 saturated heterocycles. The van der Waals surface area contributed by atoms with Crippen molar-refractivity contribution in [3.63, 3.8) is 0 Å². The highest BCUT2D eigenvalue weighted by atomic mass is 16.5. The molecule has 0 aromatic rings. The molecule has 0 aromatic carbocycles. The Morgan fingerprint density at radius 1 is 1.20 bits per heavy atom. The van der Waals surface area contributed by atoms with Crippen LogP contribution in [0.5, 0.6) is 0 Å². The summed E-state index contributed by atoms with van der Waals surface area (Å²) in [5.41, 5.74) is 2.79. The van der Waals surface area contributed by atoms with Crippen LogP contribution in [0.3, 0.4) is 0 Å². The summed E-state index contributed by atoms with van der Waals surface area (Å²) in [6.07, 6.45) is 12.1. The van der Waals surface area contributed by atoms with E-state index in [-0.39, 0.29) is 6.61 Å². The molecule has 3 rings (SSSR count). The minimum Gasteiger partial charge on any atom is -0.396 e. The first-order valence-corrected chi connectivity index (χ1v) is 13.9. The molecule has 0 unspecified atom stereocenters. The maximum Gasteiger partial charge on any atom is 0.114 e. The van der Waals surface area contributed by atoms with E-state index in [1.165, 1.54) is 37.7 Å². The lowest BCUT2D eigenvalue weighted by molar-refractivity contribution is -0.0968. The maximum absolute atomic E-state index is 10.7. The highest BCUT2D eigenvalue weighted by molar-refractivity contribution is 5.40. The van der Waals surface area contributed by atoms with Crippen LogP contribution in [0.25, 0.3) is 0 Å². The van der Waals surface area contributed by atoms with E-state index in [1.807, 2.05) is 13.8 Å². The Bertz CT molecular complexity index is 778. The smallest absolute Gasteiger partial charge is 0.114 e. The molecule has 200 valence electrons. The molecule has 7 atom stereocenters. The van der Waals surface area contributed by atoms with Crippen LogP contribution in [0.1, 0.15) is 91.9 Å². The summed E-state index contributed by atoms with van der Waals surface area (Å²) in [5, 5.41) is 40.4. The van der Waals surface area contributed by atoms with Crippen LogP contribution in [0.4, 0.5) is 0 Å². The summed E-state index contributed by atoms with van der Waals surface area (Å²) >= 11 is 0. The number of fused-ring (bicyclic) bond motifs is 1. The molecule has 4 N–H and O–H groups in total. The van der Waals surface area contributed by atoms with Crippen LogP contribution in [0.15, 0.2) is 35.5 Å². The van der Waals surface area contributed by atoms with E-state index >= 15 is 0 Å². The highest BCUT2D eigenvalue weighted by Crippen LogP contribution is 2.60. The van der Waals surface area contributed by atoms with Gasteiger partial charge in [0.2, 0.25) is 0 Å². The zero-order chi connectivity index (χ0) is 25.8. The Balaban J connectivity index is 1.67. The highest BCUT2D eigenvalue weighted by Gasteiger charge is 2.50. The van der Waals surface area contributed by atoms with Gasteiger partial charge >= 0.3 is 0 Å². The van der Waals surface area contributed by atoms with Gasteiger partial charge in [-0.3, -0.25) is 0 Å². The van der Waals surface area contributed by atoms with Crippen LogP contribution in [0, 0.1) is 23.2 Å². The maximum atomic E-state index is 10.7. The molecule has 0 heterocycles. The SMILES string of the molecule is C=C1/C(=C/C=C2\CCC[C@]3(C)[C@@H]([C@H](C)CCCC(C)(C)O)CC[C@@H]23)C[C@@H](O)[C@@H](OCCCO)[C@@H]1O. The average Bonchev–Trinajstić information content (AvgIpc) is 3.14. The minimum absolute atomic E-state index is 0.0269. The third kappa shape index (κ3) is 6.87. The van der Waals surface area contributed by atoms with E-state index in [9.17, 15) is 15.3 Å². The van der Waals surface area contributed by atoms with Gasteiger partial charge in [0.05, 0.1) is 11.7 Å². The number of rotatable bonds is 10. The molecule has 5 nitrogen and oxygen atoms in total. The van der Waals surface area contributed by atoms with Crippen LogP contribution >= 0.6 is 0 Å². The van der Waals surface area contributed by atoms with Gasteiger partial charge in [-0.25, -0.2) is 0 Å². The molecule has 5 heteroatoms. The molecular weight excluding hydrogens is 440 g/mol. The van der Waals surface area contributed by atoms with E-state index in [4.69, 9.17) is 9.84 Å². The molecule has 3 aliphatic rings. The van der Waals surface area contributed by atoms with Crippen LogP contribution in [0.2, 0.25) is 0 Å². The molecule has 3 fully saturated rings. The summed E-state index contributed by atoms with van der Waals surface area (Å²) in [4.78, 5) is 0. The standard InChI is InChI=1S/C30H50O5/c1-20(9-6-15-29(3,4)34)24-13-14-25-22(10-7-16-30(24,25)5)11-12-23-19-26(32)28(27(33)21(23)2)35-18-8-17-31/h11-12,20,24-28,31-34H,2,6-10,13-19H2,1,3-5H3/b22-11+,23-12+/t20-,24-,25+,26-,27-,28-,30-/m1/s1. The number of ether oxygens (including phenoxy) is 1. The van der Waals surface area contributed by atoms with E-state index in [2.05, 4.69) is 32.6 Å². The van der Waals surface area contributed by atoms with Crippen molar-refractivity contribution < 1.29 is 25.2 Å². The third-order valence-electron chi connectivity index (χ3n) is 9.17. The molecular formula is C30H50O5. The average molecular weight is 491 g/mol. The fourth-order valence-electron chi connectivity index (χ4n) is 7.21. The largest absolute Gasteiger partial charge is 0.396 e. The second-order valence-corrected chi connectivity index (χ2v) is 12.4. The van der Waals surface area contributed by atoms with Gasteiger partial charge < -0.3 is 25.2 Å². The number of allylic oxidation sites excluding steroid dienone is 3. The van der Waals surface area contributed by atoms with Crippen molar-refractivity contribution in [2.75, 3.05) is 13.2 Å². The van der Waals surface area contributed by atoms with Gasteiger partial charge in [0.1, 0.15) is 12.2 Å². The van der Waals surface area contributed by atoms with Crippen molar-refractivity contribution in [2.24, 2.45) is 23.2 Å². The second-order valence-electron chi connectivity index (χ2n) is 12.4. The second kappa shape index (κ2) is 12.0. The molecule has 0 aliphatic heterocycles. The predicted molar refractivity (Wildman–Crippen MR) is 141 cm³/mol. The lowest BCUT2D eigenvalue weighted by Gasteiger charge is -2.44. The van der Waals surface area contributed by atoms with E-state index < -0.39 is 23.9 Å². The predicted octanol–water partition coefficient (Wildman–Crippen LogP) is 5.08. The quantitative estimate of drug-likeness (QED) is 0.321. The molecule has 0 bridgehead atoms. The first-order valence-electron chi connectivity index (χ1n) is 13.9. The monoisotopic (exact) mass is 490 g/mol. The van der Waals surface area contributed by atoms with Crippen molar-refractivity contribution in [2.45, 2.75) is 116 Å². The van der Waals surface area contributed by atoms with Crippen LogP contribution < -0.4 is 0 Å².